The molecule has 0 atom stereocenters. The first-order chi connectivity index (χ1) is 16.7. The molecule has 0 unspecified atom stereocenters. The summed E-state index contributed by atoms with van der Waals surface area (Å²) in [5.74, 6) is 0.139. The van der Waals surface area contributed by atoms with E-state index in [4.69, 9.17) is 0 Å². The highest BCUT2D eigenvalue weighted by molar-refractivity contribution is 5.94. The monoisotopic (exact) mass is 473 g/mol. The van der Waals surface area contributed by atoms with E-state index >= 15 is 0 Å². The predicted molar refractivity (Wildman–Crippen MR) is 148 cm³/mol. The van der Waals surface area contributed by atoms with Crippen LogP contribution in [0.5, 0.6) is 5.75 Å². The summed E-state index contributed by atoms with van der Waals surface area (Å²) in [6, 6.07) is 6.41. The largest absolute Gasteiger partial charge is 0.508 e. The van der Waals surface area contributed by atoms with E-state index in [9.17, 15) is 9.90 Å². The Hall–Kier alpha value is -1.51. The van der Waals surface area contributed by atoms with E-state index in [0.29, 0.717) is 5.56 Å². The molecule has 1 amide bonds. The fourth-order valence-corrected chi connectivity index (χ4v) is 4.65. The minimum atomic E-state index is -0.0523. The maximum absolute atomic E-state index is 12.0. The summed E-state index contributed by atoms with van der Waals surface area (Å²) in [5, 5.41) is 12.2. The number of hydrogen-bond donors (Lipinski definition) is 2. The molecule has 1 aromatic carbocycles. The van der Waals surface area contributed by atoms with Gasteiger partial charge in [0.05, 0.1) is 0 Å². The van der Waals surface area contributed by atoms with Gasteiger partial charge in [0.15, 0.2) is 0 Å². The van der Waals surface area contributed by atoms with Crippen molar-refractivity contribution in [2.45, 2.75) is 148 Å². The standard InChI is InChI=1S/C31H55NO2/c1-2-3-4-5-6-7-8-9-10-11-12-13-14-15-16-17-18-19-20-21-22-23-28-32-31(34)29-24-26-30(33)27-25-29/h24-27,33H,2-23,28H2,1H3,(H,32,34). The van der Waals surface area contributed by atoms with E-state index in [1.54, 1.807) is 24.3 Å². The minimum Gasteiger partial charge on any atom is -0.508 e. The van der Waals surface area contributed by atoms with Gasteiger partial charge in [-0.2, -0.15) is 0 Å². The lowest BCUT2D eigenvalue weighted by Gasteiger charge is -2.06. The third kappa shape index (κ3) is 18.9. The number of hydrogen-bond acceptors (Lipinski definition) is 2. The number of carbonyl (C=O) groups is 1. The SMILES string of the molecule is CCCCCCCCCCCCCCCCCCCCCCCCNC(=O)c1ccc(O)cc1. The van der Waals surface area contributed by atoms with Crippen LogP contribution >= 0.6 is 0 Å². The maximum atomic E-state index is 12.0. The quantitative estimate of drug-likeness (QED) is 0.147. The third-order valence-electron chi connectivity index (χ3n) is 6.95. The Morgan fingerprint density at radius 1 is 0.559 bits per heavy atom. The van der Waals surface area contributed by atoms with Crippen LogP contribution in [0, 0.1) is 0 Å². The van der Waals surface area contributed by atoms with Gasteiger partial charge in [-0.15, -0.1) is 0 Å². The van der Waals surface area contributed by atoms with Gasteiger partial charge in [-0.05, 0) is 30.7 Å². The van der Waals surface area contributed by atoms with Crippen molar-refractivity contribution in [1.29, 1.82) is 0 Å². The lowest BCUT2D eigenvalue weighted by molar-refractivity contribution is 0.0953. The zero-order valence-electron chi connectivity index (χ0n) is 22.4. The molecule has 2 N–H and O–H groups in total. The van der Waals surface area contributed by atoms with Gasteiger partial charge < -0.3 is 10.4 Å². The molecule has 0 bridgehead atoms. The normalized spacial score (nSPS) is 11.1. The van der Waals surface area contributed by atoms with Crippen molar-refractivity contribution in [2.75, 3.05) is 6.54 Å². The van der Waals surface area contributed by atoms with Gasteiger partial charge in [0.2, 0.25) is 0 Å². The molecule has 196 valence electrons. The molecule has 0 aliphatic heterocycles. The Morgan fingerprint density at radius 3 is 1.24 bits per heavy atom. The van der Waals surface area contributed by atoms with Crippen LogP contribution in [0.4, 0.5) is 0 Å². The van der Waals surface area contributed by atoms with Crippen molar-refractivity contribution < 1.29 is 9.90 Å². The molecule has 0 heterocycles. The van der Waals surface area contributed by atoms with Gasteiger partial charge in [0.25, 0.3) is 5.91 Å². The first-order valence-electron chi connectivity index (χ1n) is 14.8. The minimum absolute atomic E-state index is 0.0523. The fourth-order valence-electron chi connectivity index (χ4n) is 4.65. The van der Waals surface area contributed by atoms with Crippen molar-refractivity contribution >= 4 is 5.91 Å². The van der Waals surface area contributed by atoms with Crippen molar-refractivity contribution in [3.05, 3.63) is 29.8 Å². The summed E-state index contributed by atoms with van der Waals surface area (Å²) in [5.41, 5.74) is 0.608. The van der Waals surface area contributed by atoms with E-state index in [-0.39, 0.29) is 11.7 Å². The third-order valence-corrected chi connectivity index (χ3v) is 6.95. The number of phenols is 1. The number of benzene rings is 1. The smallest absolute Gasteiger partial charge is 0.251 e. The van der Waals surface area contributed by atoms with E-state index in [1.165, 1.54) is 135 Å². The number of amides is 1. The maximum Gasteiger partial charge on any atom is 0.251 e. The van der Waals surface area contributed by atoms with Gasteiger partial charge in [0, 0.05) is 12.1 Å². The van der Waals surface area contributed by atoms with E-state index in [0.717, 1.165) is 13.0 Å². The highest BCUT2D eigenvalue weighted by atomic mass is 16.3. The Labute approximate surface area is 211 Å². The van der Waals surface area contributed by atoms with Crippen LogP contribution in [-0.4, -0.2) is 17.6 Å². The zero-order chi connectivity index (χ0) is 24.5. The molecule has 1 rings (SSSR count). The van der Waals surface area contributed by atoms with Crippen molar-refractivity contribution in [3.8, 4) is 5.75 Å². The highest BCUT2D eigenvalue weighted by Gasteiger charge is 2.04. The first kappa shape index (κ1) is 30.5. The lowest BCUT2D eigenvalue weighted by atomic mass is 10.0. The molecule has 0 spiro atoms. The predicted octanol–water partition coefficient (Wildman–Crippen LogP) is 9.72. The average molecular weight is 474 g/mol. The number of phenolic OH excluding ortho intramolecular Hbond substituents is 1. The Kier molecular flexibility index (Phi) is 20.9. The summed E-state index contributed by atoms with van der Waals surface area (Å²) in [6.07, 6.45) is 30.6. The molecular weight excluding hydrogens is 418 g/mol. The summed E-state index contributed by atoms with van der Waals surface area (Å²) in [6.45, 7) is 3.03. The second-order valence-electron chi connectivity index (χ2n) is 10.2. The molecular formula is C31H55NO2. The van der Waals surface area contributed by atoms with E-state index in [2.05, 4.69) is 12.2 Å². The van der Waals surface area contributed by atoms with Crippen LogP contribution in [0.25, 0.3) is 0 Å². The van der Waals surface area contributed by atoms with Crippen molar-refractivity contribution in [3.63, 3.8) is 0 Å². The second-order valence-corrected chi connectivity index (χ2v) is 10.2. The Balaban J connectivity index is 1.71. The lowest BCUT2D eigenvalue weighted by Crippen LogP contribution is -2.24. The molecule has 0 aliphatic carbocycles. The van der Waals surface area contributed by atoms with Gasteiger partial charge in [-0.3, -0.25) is 4.79 Å². The number of nitrogens with one attached hydrogen (secondary N) is 1. The fraction of sp³-hybridized carbons (Fsp3) is 0.774. The summed E-state index contributed by atoms with van der Waals surface area (Å²) < 4.78 is 0. The van der Waals surface area contributed by atoms with E-state index < -0.39 is 0 Å². The summed E-state index contributed by atoms with van der Waals surface area (Å²) >= 11 is 0. The topological polar surface area (TPSA) is 49.3 Å². The van der Waals surface area contributed by atoms with Gasteiger partial charge in [0.1, 0.15) is 5.75 Å². The summed E-state index contributed by atoms with van der Waals surface area (Å²) in [4.78, 5) is 12.0. The molecule has 34 heavy (non-hydrogen) atoms. The van der Waals surface area contributed by atoms with Crippen molar-refractivity contribution in [1.82, 2.24) is 5.32 Å². The van der Waals surface area contributed by atoms with Gasteiger partial charge >= 0.3 is 0 Å². The molecule has 0 saturated heterocycles. The Morgan fingerprint density at radius 2 is 0.882 bits per heavy atom. The molecule has 3 nitrogen and oxygen atoms in total. The number of aromatic hydroxyl groups is 1. The number of rotatable bonds is 24. The zero-order valence-corrected chi connectivity index (χ0v) is 22.4. The number of carbonyl (C=O) groups excluding carboxylic acids is 1. The first-order valence-corrected chi connectivity index (χ1v) is 14.8. The van der Waals surface area contributed by atoms with Crippen LogP contribution in [-0.2, 0) is 0 Å². The van der Waals surface area contributed by atoms with Gasteiger partial charge in [-0.25, -0.2) is 0 Å². The molecule has 0 saturated carbocycles. The summed E-state index contributed by atoms with van der Waals surface area (Å²) in [7, 11) is 0. The van der Waals surface area contributed by atoms with Crippen LogP contribution in [0.15, 0.2) is 24.3 Å². The Bertz CT molecular complexity index is 569. The molecule has 1 aromatic rings. The highest BCUT2D eigenvalue weighted by Crippen LogP contribution is 2.15. The van der Waals surface area contributed by atoms with E-state index in [1.807, 2.05) is 0 Å². The van der Waals surface area contributed by atoms with Crippen molar-refractivity contribution in [2.24, 2.45) is 0 Å². The molecule has 0 fully saturated rings. The van der Waals surface area contributed by atoms with Crippen LogP contribution in [0.1, 0.15) is 159 Å². The number of unbranched alkanes of at least 4 members (excludes halogenated alkanes) is 21. The molecule has 0 aliphatic rings. The molecule has 3 heteroatoms. The molecule has 0 radical (unpaired) electrons. The second kappa shape index (κ2) is 23.2. The average Bonchev–Trinajstić information content (AvgIpc) is 2.84. The van der Waals surface area contributed by atoms with Crippen LogP contribution in [0.2, 0.25) is 0 Å². The van der Waals surface area contributed by atoms with Crippen LogP contribution in [0.3, 0.4) is 0 Å². The van der Waals surface area contributed by atoms with Crippen LogP contribution < -0.4 is 5.32 Å². The molecule has 0 aromatic heterocycles. The van der Waals surface area contributed by atoms with Gasteiger partial charge in [-0.1, -0.05) is 142 Å².